The number of pyridine rings is 1. The van der Waals surface area contributed by atoms with E-state index in [9.17, 15) is 5.11 Å². The van der Waals surface area contributed by atoms with Crippen molar-refractivity contribution in [2.24, 2.45) is 0 Å². The van der Waals surface area contributed by atoms with Gasteiger partial charge in [-0.2, -0.15) is 0 Å². The second kappa shape index (κ2) is 5.62. The second-order valence-electron chi connectivity index (χ2n) is 5.99. The quantitative estimate of drug-likeness (QED) is 0.942. The fourth-order valence-electron chi connectivity index (χ4n) is 3.04. The maximum absolute atomic E-state index is 10.7. The average molecular weight is 286 g/mol. The minimum Gasteiger partial charge on any atom is -0.388 e. The van der Waals surface area contributed by atoms with Gasteiger partial charge in [-0.3, -0.25) is 4.98 Å². The highest BCUT2D eigenvalue weighted by Crippen LogP contribution is 2.29. The first-order valence-corrected chi connectivity index (χ1v) is 7.45. The zero-order valence-corrected chi connectivity index (χ0v) is 12.7. The molecule has 0 radical (unpaired) electrons. The van der Waals surface area contributed by atoms with Crippen molar-refractivity contribution in [3.8, 4) is 0 Å². The lowest BCUT2D eigenvalue weighted by atomic mass is 9.93. The lowest BCUT2D eigenvalue weighted by molar-refractivity contribution is -0.0572. The normalized spacial score (nSPS) is 17.9. The van der Waals surface area contributed by atoms with Crippen LogP contribution >= 0.6 is 0 Å². The van der Waals surface area contributed by atoms with Crippen LogP contribution in [0.3, 0.4) is 0 Å². The minimum atomic E-state index is -0.661. The van der Waals surface area contributed by atoms with Crippen LogP contribution in [0, 0.1) is 6.92 Å². The van der Waals surface area contributed by atoms with Crippen LogP contribution in [0.2, 0.25) is 0 Å². The molecule has 4 nitrogen and oxygen atoms in total. The molecule has 0 amide bonds. The monoisotopic (exact) mass is 286 g/mol. The van der Waals surface area contributed by atoms with Gasteiger partial charge in [0.15, 0.2) is 0 Å². The van der Waals surface area contributed by atoms with Crippen molar-refractivity contribution in [3.05, 3.63) is 36.0 Å². The Labute approximate surface area is 125 Å². The zero-order chi connectivity index (χ0) is 14.9. The Hall–Kier alpha value is -1.65. The minimum absolute atomic E-state index is 0.615. The van der Waals surface area contributed by atoms with Gasteiger partial charge in [-0.05, 0) is 19.1 Å². The van der Waals surface area contributed by atoms with Crippen LogP contribution in [0.25, 0.3) is 10.9 Å². The Bertz CT molecular complexity index is 636. The number of hydrogen-bond donors (Lipinski definition) is 1. The van der Waals surface area contributed by atoms with E-state index in [0.717, 1.165) is 22.3 Å². The molecule has 1 N–H and O–H groups in total. The summed E-state index contributed by atoms with van der Waals surface area (Å²) < 4.78 is 5.35. The van der Waals surface area contributed by atoms with E-state index in [-0.39, 0.29) is 0 Å². The molecule has 1 aromatic heterocycles. The Morgan fingerprint density at radius 3 is 2.76 bits per heavy atom. The second-order valence-corrected chi connectivity index (χ2v) is 5.99. The highest BCUT2D eigenvalue weighted by atomic mass is 16.5. The Morgan fingerprint density at radius 2 is 2.00 bits per heavy atom. The molecule has 0 aliphatic carbocycles. The van der Waals surface area contributed by atoms with E-state index in [1.807, 2.05) is 32.2 Å². The van der Waals surface area contributed by atoms with E-state index in [1.165, 1.54) is 0 Å². The average Bonchev–Trinajstić information content (AvgIpc) is 2.46. The van der Waals surface area contributed by atoms with Crippen LogP contribution in [0.15, 0.2) is 30.3 Å². The molecule has 112 valence electrons. The van der Waals surface area contributed by atoms with Gasteiger partial charge in [0, 0.05) is 56.4 Å². The first-order valence-electron chi connectivity index (χ1n) is 7.45. The number of benzene rings is 1. The van der Waals surface area contributed by atoms with Crippen molar-refractivity contribution < 1.29 is 9.84 Å². The number of nitrogens with zero attached hydrogens (tertiary/aromatic N) is 2. The van der Waals surface area contributed by atoms with E-state index >= 15 is 0 Å². The van der Waals surface area contributed by atoms with Crippen molar-refractivity contribution in [1.29, 1.82) is 0 Å². The molecule has 1 fully saturated rings. The van der Waals surface area contributed by atoms with Crippen LogP contribution in [-0.2, 0) is 4.74 Å². The van der Waals surface area contributed by atoms with Crippen molar-refractivity contribution in [2.75, 3.05) is 31.7 Å². The first kappa shape index (κ1) is 14.3. The molecule has 3 rings (SSSR count). The fourth-order valence-corrected chi connectivity index (χ4v) is 3.04. The Balaban J connectivity index is 1.92. The third-order valence-corrected chi connectivity index (χ3v) is 4.19. The molecule has 0 saturated carbocycles. The largest absolute Gasteiger partial charge is 0.388 e. The number of ether oxygens (including phenoxy) is 1. The van der Waals surface area contributed by atoms with Gasteiger partial charge in [0.05, 0.1) is 11.1 Å². The number of rotatable bonds is 3. The van der Waals surface area contributed by atoms with Gasteiger partial charge in [0.1, 0.15) is 0 Å². The van der Waals surface area contributed by atoms with Gasteiger partial charge < -0.3 is 14.7 Å². The molecule has 1 saturated heterocycles. The van der Waals surface area contributed by atoms with E-state index in [0.29, 0.717) is 32.6 Å². The summed E-state index contributed by atoms with van der Waals surface area (Å²) in [5, 5.41) is 11.8. The lowest BCUT2D eigenvalue weighted by Crippen LogP contribution is -2.45. The molecular formula is C17H22N2O2. The number of anilines is 1. The molecule has 4 heteroatoms. The molecule has 1 aliphatic rings. The van der Waals surface area contributed by atoms with Crippen LogP contribution < -0.4 is 4.90 Å². The summed E-state index contributed by atoms with van der Waals surface area (Å²) in [5.74, 6) is 0. The van der Waals surface area contributed by atoms with E-state index in [4.69, 9.17) is 4.74 Å². The molecule has 0 spiro atoms. The van der Waals surface area contributed by atoms with E-state index in [1.54, 1.807) is 0 Å². The molecular weight excluding hydrogens is 264 g/mol. The summed E-state index contributed by atoms with van der Waals surface area (Å²) >= 11 is 0. The summed E-state index contributed by atoms with van der Waals surface area (Å²) in [5.41, 5.74) is 2.46. The van der Waals surface area contributed by atoms with Gasteiger partial charge in [0.25, 0.3) is 0 Å². The lowest BCUT2D eigenvalue weighted by Gasteiger charge is -2.36. The van der Waals surface area contributed by atoms with Gasteiger partial charge in [0.2, 0.25) is 0 Å². The van der Waals surface area contributed by atoms with Crippen LogP contribution in [-0.4, -0.2) is 42.5 Å². The molecule has 21 heavy (non-hydrogen) atoms. The van der Waals surface area contributed by atoms with Crippen LogP contribution in [0.4, 0.5) is 5.69 Å². The number of aliphatic hydroxyl groups is 1. The smallest absolute Gasteiger partial charge is 0.0865 e. The van der Waals surface area contributed by atoms with Gasteiger partial charge in [-0.25, -0.2) is 0 Å². The maximum Gasteiger partial charge on any atom is 0.0865 e. The summed E-state index contributed by atoms with van der Waals surface area (Å²) in [6.07, 6.45) is 1.39. The van der Waals surface area contributed by atoms with Crippen molar-refractivity contribution in [2.45, 2.75) is 25.4 Å². The highest BCUT2D eigenvalue weighted by molar-refractivity contribution is 5.91. The maximum atomic E-state index is 10.7. The molecule has 0 atom stereocenters. The number of likely N-dealkylation sites (N-methyl/N-ethyl adjacent to an activating group) is 1. The fraction of sp³-hybridized carbons (Fsp3) is 0.471. The number of aromatic nitrogens is 1. The standard InChI is InChI=1S/C17H22N2O2/c1-13-11-16(14-5-3-4-6-15(14)18-13)19(2)12-17(20)7-9-21-10-8-17/h3-6,11,20H,7-10,12H2,1-2H3. The number of hydrogen-bond acceptors (Lipinski definition) is 4. The van der Waals surface area contributed by atoms with Crippen LogP contribution in [0.1, 0.15) is 18.5 Å². The van der Waals surface area contributed by atoms with Crippen molar-refractivity contribution in [1.82, 2.24) is 4.98 Å². The highest BCUT2D eigenvalue weighted by Gasteiger charge is 2.31. The van der Waals surface area contributed by atoms with Crippen LogP contribution in [0.5, 0.6) is 0 Å². The van der Waals surface area contributed by atoms with E-state index in [2.05, 4.69) is 22.0 Å². The van der Waals surface area contributed by atoms with E-state index < -0.39 is 5.60 Å². The van der Waals surface area contributed by atoms with Gasteiger partial charge >= 0.3 is 0 Å². The van der Waals surface area contributed by atoms with Gasteiger partial charge in [-0.1, -0.05) is 18.2 Å². The molecule has 2 aromatic rings. The number of aryl methyl sites for hydroxylation is 1. The zero-order valence-electron chi connectivity index (χ0n) is 12.7. The number of para-hydroxylation sites is 1. The molecule has 1 aliphatic heterocycles. The summed E-state index contributed by atoms with van der Waals surface area (Å²) in [6, 6.07) is 10.2. The molecule has 1 aromatic carbocycles. The predicted molar refractivity (Wildman–Crippen MR) is 84.8 cm³/mol. The topological polar surface area (TPSA) is 45.6 Å². The third kappa shape index (κ3) is 3.01. The molecule has 0 bridgehead atoms. The summed E-state index contributed by atoms with van der Waals surface area (Å²) in [4.78, 5) is 6.71. The SMILES string of the molecule is Cc1cc(N(C)CC2(O)CCOCC2)c2ccccc2n1. The van der Waals surface area contributed by atoms with Crippen molar-refractivity contribution in [3.63, 3.8) is 0 Å². The Morgan fingerprint density at radius 1 is 1.29 bits per heavy atom. The number of fused-ring (bicyclic) bond motifs is 1. The molecule has 2 heterocycles. The van der Waals surface area contributed by atoms with Crippen molar-refractivity contribution >= 4 is 16.6 Å². The molecule has 0 unspecified atom stereocenters. The van der Waals surface area contributed by atoms with Gasteiger partial charge in [-0.15, -0.1) is 0 Å². The predicted octanol–water partition coefficient (Wildman–Crippen LogP) is 2.52. The first-order chi connectivity index (χ1) is 10.1. The Kier molecular flexibility index (Phi) is 3.83. The summed E-state index contributed by atoms with van der Waals surface area (Å²) in [6.45, 7) is 3.90. The summed E-state index contributed by atoms with van der Waals surface area (Å²) in [7, 11) is 2.04. The third-order valence-electron chi connectivity index (χ3n) is 4.19.